The Labute approximate surface area is 136 Å². The second-order valence-electron chi connectivity index (χ2n) is 5.41. The molecule has 1 unspecified atom stereocenters. The minimum absolute atomic E-state index is 0. The van der Waals surface area contributed by atoms with Gasteiger partial charge in [0.2, 0.25) is 0 Å². The van der Waals surface area contributed by atoms with Crippen LogP contribution >= 0.6 is 12.4 Å². The lowest BCUT2D eigenvalue weighted by Gasteiger charge is -2.33. The molecule has 1 aliphatic heterocycles. The molecular weight excluding hydrogens is 300 g/mol. The van der Waals surface area contributed by atoms with Gasteiger partial charge in [-0.3, -0.25) is 4.79 Å². The van der Waals surface area contributed by atoms with E-state index < -0.39 is 0 Å². The van der Waals surface area contributed by atoms with Crippen LogP contribution in [0.1, 0.15) is 6.92 Å². The smallest absolute Gasteiger partial charge is 0.260 e. The number of hydrogen-bond donors (Lipinski definition) is 1. The van der Waals surface area contributed by atoms with Crippen LogP contribution in [0, 0.1) is 0 Å². The van der Waals surface area contributed by atoms with Crippen molar-refractivity contribution in [2.75, 3.05) is 26.2 Å². The highest BCUT2D eigenvalue weighted by molar-refractivity contribution is 5.88. The van der Waals surface area contributed by atoms with Crippen LogP contribution in [0.2, 0.25) is 0 Å². The fourth-order valence-corrected chi connectivity index (χ4v) is 2.76. The Bertz CT molecular complexity index is 642. The number of hydrogen-bond acceptors (Lipinski definition) is 3. The molecule has 0 bridgehead atoms. The van der Waals surface area contributed by atoms with E-state index in [1.807, 2.05) is 47.4 Å². The Kier molecular flexibility index (Phi) is 5.63. The van der Waals surface area contributed by atoms with Crippen molar-refractivity contribution in [2.24, 2.45) is 0 Å². The fourth-order valence-electron chi connectivity index (χ4n) is 2.76. The number of amides is 1. The second-order valence-corrected chi connectivity index (χ2v) is 5.41. The summed E-state index contributed by atoms with van der Waals surface area (Å²) in [5, 5.41) is 5.45. The standard InChI is InChI=1S/C17H20N2O2.ClH/c1-13-11-18-9-10-19(13)17(20)12-21-16-8-4-6-14-5-2-3-7-15(14)16;/h2-8,13,18H,9-12H2,1H3;1H. The van der Waals surface area contributed by atoms with Gasteiger partial charge < -0.3 is 15.0 Å². The predicted molar refractivity (Wildman–Crippen MR) is 90.7 cm³/mol. The van der Waals surface area contributed by atoms with Gasteiger partial charge >= 0.3 is 0 Å². The molecule has 1 aliphatic rings. The molecule has 0 saturated carbocycles. The molecule has 1 atom stereocenters. The lowest BCUT2D eigenvalue weighted by atomic mass is 10.1. The highest BCUT2D eigenvalue weighted by Crippen LogP contribution is 2.25. The molecule has 0 spiro atoms. The highest BCUT2D eigenvalue weighted by atomic mass is 35.5. The molecule has 2 aromatic carbocycles. The molecule has 1 saturated heterocycles. The Morgan fingerprint density at radius 2 is 2.05 bits per heavy atom. The molecular formula is C17H21ClN2O2. The summed E-state index contributed by atoms with van der Waals surface area (Å²) in [6.07, 6.45) is 0. The predicted octanol–water partition coefficient (Wildman–Crippen LogP) is 2.46. The second kappa shape index (κ2) is 7.47. The third-order valence-electron chi connectivity index (χ3n) is 3.92. The van der Waals surface area contributed by atoms with Crippen molar-refractivity contribution in [1.82, 2.24) is 10.2 Å². The van der Waals surface area contributed by atoms with E-state index in [2.05, 4.69) is 12.2 Å². The van der Waals surface area contributed by atoms with Crippen LogP contribution in [0.3, 0.4) is 0 Å². The van der Waals surface area contributed by atoms with E-state index in [1.165, 1.54) is 0 Å². The van der Waals surface area contributed by atoms with Gasteiger partial charge in [-0.2, -0.15) is 0 Å². The summed E-state index contributed by atoms with van der Waals surface area (Å²) in [5.74, 6) is 0.821. The number of piperazine rings is 1. The molecule has 22 heavy (non-hydrogen) atoms. The highest BCUT2D eigenvalue weighted by Gasteiger charge is 2.23. The van der Waals surface area contributed by atoms with Crippen LogP contribution < -0.4 is 10.1 Å². The third kappa shape index (κ3) is 3.51. The summed E-state index contributed by atoms with van der Waals surface area (Å²) >= 11 is 0. The van der Waals surface area contributed by atoms with E-state index in [1.54, 1.807) is 0 Å². The van der Waals surface area contributed by atoms with Gasteiger partial charge in [0, 0.05) is 31.1 Å². The number of fused-ring (bicyclic) bond motifs is 1. The average molecular weight is 321 g/mol. The van der Waals surface area contributed by atoms with Crippen LogP contribution in [0.25, 0.3) is 10.8 Å². The van der Waals surface area contributed by atoms with Gasteiger partial charge in [-0.25, -0.2) is 0 Å². The summed E-state index contributed by atoms with van der Waals surface area (Å²) in [6.45, 7) is 4.60. The summed E-state index contributed by atoms with van der Waals surface area (Å²) in [5.41, 5.74) is 0. The Morgan fingerprint density at radius 1 is 1.27 bits per heavy atom. The Morgan fingerprint density at radius 3 is 2.86 bits per heavy atom. The molecule has 1 amide bonds. The fraction of sp³-hybridized carbons (Fsp3) is 0.353. The maximum Gasteiger partial charge on any atom is 0.260 e. The molecule has 1 heterocycles. The third-order valence-corrected chi connectivity index (χ3v) is 3.92. The first-order valence-electron chi connectivity index (χ1n) is 7.36. The quantitative estimate of drug-likeness (QED) is 0.944. The zero-order valence-corrected chi connectivity index (χ0v) is 13.4. The van der Waals surface area contributed by atoms with Crippen molar-refractivity contribution in [2.45, 2.75) is 13.0 Å². The van der Waals surface area contributed by atoms with Crippen LogP contribution in [-0.2, 0) is 4.79 Å². The minimum Gasteiger partial charge on any atom is -0.483 e. The first kappa shape index (κ1) is 16.6. The molecule has 118 valence electrons. The molecule has 1 fully saturated rings. The Hall–Kier alpha value is -1.78. The summed E-state index contributed by atoms with van der Waals surface area (Å²) in [4.78, 5) is 14.2. The first-order valence-corrected chi connectivity index (χ1v) is 7.36. The van der Waals surface area contributed by atoms with Gasteiger partial charge in [0.25, 0.3) is 5.91 Å². The van der Waals surface area contributed by atoms with Gasteiger partial charge in [-0.05, 0) is 18.4 Å². The van der Waals surface area contributed by atoms with Gasteiger partial charge in [-0.15, -0.1) is 12.4 Å². The van der Waals surface area contributed by atoms with E-state index in [-0.39, 0.29) is 31.0 Å². The molecule has 1 N–H and O–H groups in total. The van der Waals surface area contributed by atoms with E-state index in [4.69, 9.17) is 4.74 Å². The normalized spacial score (nSPS) is 17.9. The molecule has 2 aromatic rings. The zero-order chi connectivity index (χ0) is 14.7. The van der Waals surface area contributed by atoms with E-state index in [0.29, 0.717) is 0 Å². The maximum absolute atomic E-state index is 12.3. The number of ether oxygens (including phenoxy) is 1. The number of nitrogens with one attached hydrogen (secondary N) is 1. The molecule has 0 radical (unpaired) electrons. The number of nitrogens with zero attached hydrogens (tertiary/aromatic N) is 1. The molecule has 0 aromatic heterocycles. The van der Waals surface area contributed by atoms with Gasteiger partial charge in [-0.1, -0.05) is 36.4 Å². The van der Waals surface area contributed by atoms with Crippen molar-refractivity contribution in [3.8, 4) is 5.75 Å². The molecule has 0 aliphatic carbocycles. The number of carbonyl (C=O) groups excluding carboxylic acids is 1. The number of carbonyl (C=O) groups is 1. The largest absolute Gasteiger partial charge is 0.483 e. The molecule has 5 heteroatoms. The summed E-state index contributed by atoms with van der Waals surface area (Å²) in [6, 6.07) is 14.2. The van der Waals surface area contributed by atoms with Crippen molar-refractivity contribution in [3.63, 3.8) is 0 Å². The van der Waals surface area contributed by atoms with Gasteiger partial charge in [0.15, 0.2) is 6.61 Å². The van der Waals surface area contributed by atoms with Crippen molar-refractivity contribution >= 4 is 29.1 Å². The van der Waals surface area contributed by atoms with Crippen LogP contribution in [0.4, 0.5) is 0 Å². The zero-order valence-electron chi connectivity index (χ0n) is 12.6. The lowest BCUT2D eigenvalue weighted by molar-refractivity contribution is -0.136. The first-order chi connectivity index (χ1) is 10.3. The topological polar surface area (TPSA) is 41.6 Å². The van der Waals surface area contributed by atoms with Crippen LogP contribution in [0.15, 0.2) is 42.5 Å². The summed E-state index contributed by atoms with van der Waals surface area (Å²) in [7, 11) is 0. The van der Waals surface area contributed by atoms with Gasteiger partial charge in [0.1, 0.15) is 5.75 Å². The van der Waals surface area contributed by atoms with E-state index >= 15 is 0 Å². The molecule has 3 rings (SSSR count). The number of rotatable bonds is 3. The monoisotopic (exact) mass is 320 g/mol. The SMILES string of the molecule is CC1CNCCN1C(=O)COc1cccc2ccccc12.Cl. The lowest BCUT2D eigenvalue weighted by Crippen LogP contribution is -2.53. The van der Waals surface area contributed by atoms with Gasteiger partial charge in [0.05, 0.1) is 0 Å². The Balaban J connectivity index is 0.00000176. The minimum atomic E-state index is 0. The van der Waals surface area contributed by atoms with Crippen LogP contribution in [-0.4, -0.2) is 43.1 Å². The van der Waals surface area contributed by atoms with Crippen molar-refractivity contribution in [3.05, 3.63) is 42.5 Å². The van der Waals surface area contributed by atoms with Crippen molar-refractivity contribution in [1.29, 1.82) is 0 Å². The van der Waals surface area contributed by atoms with Crippen molar-refractivity contribution < 1.29 is 9.53 Å². The van der Waals surface area contributed by atoms with E-state index in [9.17, 15) is 4.79 Å². The van der Waals surface area contributed by atoms with Crippen LogP contribution in [0.5, 0.6) is 5.75 Å². The number of benzene rings is 2. The van der Waals surface area contributed by atoms with E-state index in [0.717, 1.165) is 36.2 Å². The summed E-state index contributed by atoms with van der Waals surface area (Å²) < 4.78 is 5.77. The number of halogens is 1. The average Bonchev–Trinajstić information content (AvgIpc) is 2.53. The maximum atomic E-state index is 12.3. The molecule has 4 nitrogen and oxygen atoms in total.